The average Bonchev–Trinajstić information content (AvgIpc) is 3.26. The van der Waals surface area contributed by atoms with Crippen LogP contribution in [-0.4, -0.2) is 62.7 Å². The van der Waals surface area contributed by atoms with Gasteiger partial charge in [0.05, 0.1) is 20.3 Å². The van der Waals surface area contributed by atoms with E-state index < -0.39 is 6.10 Å². The topological polar surface area (TPSA) is 60.4 Å². The highest BCUT2D eigenvalue weighted by Crippen LogP contribution is 2.28. The molecule has 164 valence electrons. The number of aliphatic hydroxyl groups is 1. The van der Waals surface area contributed by atoms with E-state index in [9.17, 15) is 5.11 Å². The predicted molar refractivity (Wildman–Crippen MR) is 117 cm³/mol. The molecule has 0 unspecified atom stereocenters. The number of methoxy groups -OCH3 is 2. The second-order valence-corrected chi connectivity index (χ2v) is 7.87. The number of hydrogen-bond donors (Lipinski definition) is 1. The molecule has 7 heteroatoms. The first-order chi connectivity index (χ1) is 14.6. The summed E-state index contributed by atoms with van der Waals surface area (Å²) in [5.41, 5.74) is 1.08. The van der Waals surface area contributed by atoms with Crippen molar-refractivity contribution in [2.45, 2.75) is 31.6 Å². The minimum Gasteiger partial charge on any atom is -0.493 e. The highest BCUT2D eigenvalue weighted by Gasteiger charge is 2.22. The third-order valence-corrected chi connectivity index (χ3v) is 5.32. The van der Waals surface area contributed by atoms with Crippen LogP contribution >= 0.6 is 11.6 Å². The summed E-state index contributed by atoms with van der Waals surface area (Å²) in [7, 11) is 3.25. The van der Waals surface area contributed by atoms with Crippen LogP contribution in [0.5, 0.6) is 17.2 Å². The first-order valence-electron chi connectivity index (χ1n) is 10.2. The van der Waals surface area contributed by atoms with Gasteiger partial charge in [0.1, 0.15) is 18.5 Å². The van der Waals surface area contributed by atoms with Crippen LogP contribution in [0.25, 0.3) is 0 Å². The lowest BCUT2D eigenvalue weighted by atomic mass is 10.1. The molecule has 2 atom stereocenters. The predicted octanol–water partition coefficient (Wildman–Crippen LogP) is 3.78. The van der Waals surface area contributed by atoms with Crippen LogP contribution in [0.4, 0.5) is 0 Å². The van der Waals surface area contributed by atoms with E-state index in [1.165, 1.54) is 0 Å². The number of aliphatic hydroxyl groups excluding tert-OH is 1. The summed E-state index contributed by atoms with van der Waals surface area (Å²) in [6, 6.07) is 13.0. The van der Waals surface area contributed by atoms with Gasteiger partial charge in [-0.25, -0.2) is 0 Å². The van der Waals surface area contributed by atoms with Gasteiger partial charge in [0.2, 0.25) is 0 Å². The lowest BCUT2D eigenvalue weighted by Crippen LogP contribution is -2.39. The molecule has 1 heterocycles. The Labute approximate surface area is 183 Å². The molecule has 0 saturated carbocycles. The fraction of sp³-hybridized carbons (Fsp3) is 0.478. The quantitative estimate of drug-likeness (QED) is 0.579. The fourth-order valence-electron chi connectivity index (χ4n) is 3.59. The summed E-state index contributed by atoms with van der Waals surface area (Å²) in [6.45, 7) is 2.90. The fourth-order valence-corrected chi connectivity index (χ4v) is 3.72. The second-order valence-electron chi connectivity index (χ2n) is 7.44. The SMILES string of the molecule is COc1ccc(CN(C[C@H](O)COc2ccc(Cl)cc2)C[C@@H]2CCCO2)cc1OC. The van der Waals surface area contributed by atoms with E-state index in [-0.39, 0.29) is 12.7 Å². The van der Waals surface area contributed by atoms with E-state index in [0.29, 0.717) is 35.4 Å². The van der Waals surface area contributed by atoms with Crippen molar-refractivity contribution >= 4 is 11.6 Å². The maximum Gasteiger partial charge on any atom is 0.161 e. The zero-order valence-electron chi connectivity index (χ0n) is 17.6. The summed E-state index contributed by atoms with van der Waals surface area (Å²) < 4.78 is 22.3. The summed E-state index contributed by atoms with van der Waals surface area (Å²) in [5, 5.41) is 11.2. The van der Waals surface area contributed by atoms with E-state index in [1.54, 1.807) is 38.5 Å². The van der Waals surface area contributed by atoms with Crippen LogP contribution in [-0.2, 0) is 11.3 Å². The molecule has 6 nitrogen and oxygen atoms in total. The summed E-state index contributed by atoms with van der Waals surface area (Å²) in [5.74, 6) is 2.08. The van der Waals surface area contributed by atoms with Gasteiger partial charge in [-0.15, -0.1) is 0 Å². The molecule has 1 aliphatic heterocycles. The third kappa shape index (κ3) is 6.77. The first-order valence-corrected chi connectivity index (χ1v) is 10.6. The lowest BCUT2D eigenvalue weighted by molar-refractivity contribution is 0.0313. The molecule has 0 aliphatic carbocycles. The van der Waals surface area contributed by atoms with Gasteiger partial charge in [-0.2, -0.15) is 0 Å². The van der Waals surface area contributed by atoms with Gasteiger partial charge in [0.25, 0.3) is 0 Å². The Bertz CT molecular complexity index is 780. The molecule has 3 rings (SSSR count). The molecule has 0 bridgehead atoms. The number of hydrogen-bond acceptors (Lipinski definition) is 6. The van der Waals surface area contributed by atoms with Gasteiger partial charge in [-0.3, -0.25) is 4.90 Å². The Morgan fingerprint density at radius 2 is 1.90 bits per heavy atom. The van der Waals surface area contributed by atoms with Gasteiger partial charge >= 0.3 is 0 Å². The van der Waals surface area contributed by atoms with Gasteiger partial charge in [0.15, 0.2) is 11.5 Å². The molecule has 2 aromatic rings. The summed E-state index contributed by atoms with van der Waals surface area (Å²) >= 11 is 5.90. The molecule has 1 saturated heterocycles. The molecule has 0 aromatic heterocycles. The molecule has 30 heavy (non-hydrogen) atoms. The van der Waals surface area contributed by atoms with Gasteiger partial charge in [0, 0.05) is 31.3 Å². The lowest BCUT2D eigenvalue weighted by Gasteiger charge is -2.27. The van der Waals surface area contributed by atoms with E-state index in [2.05, 4.69) is 4.90 Å². The van der Waals surface area contributed by atoms with E-state index in [4.69, 9.17) is 30.5 Å². The zero-order valence-corrected chi connectivity index (χ0v) is 18.3. The molecule has 0 radical (unpaired) electrons. The number of halogens is 1. The first kappa shape index (κ1) is 22.7. The standard InChI is InChI=1S/C23H30ClNO5/c1-27-22-10-5-17(12-23(22)28-2)13-25(15-21-4-3-11-29-21)14-19(26)16-30-20-8-6-18(24)7-9-20/h5-10,12,19,21,26H,3-4,11,13-16H2,1-2H3/t19-,21-/m0/s1. The van der Waals surface area contributed by atoms with Crippen LogP contribution in [0.1, 0.15) is 18.4 Å². The Kier molecular flexibility index (Phi) is 8.63. The molecule has 1 aliphatic rings. The van der Waals surface area contributed by atoms with Crippen molar-refractivity contribution in [2.75, 3.05) is 40.5 Å². The molecule has 0 amide bonds. The van der Waals surface area contributed by atoms with Gasteiger partial charge in [-0.1, -0.05) is 17.7 Å². The normalized spacial score (nSPS) is 17.2. The Balaban J connectivity index is 1.61. The zero-order chi connectivity index (χ0) is 21.3. The monoisotopic (exact) mass is 435 g/mol. The van der Waals surface area contributed by atoms with Crippen LogP contribution < -0.4 is 14.2 Å². The molecular formula is C23H30ClNO5. The number of rotatable bonds is 11. The maximum atomic E-state index is 10.6. The van der Waals surface area contributed by atoms with Crippen LogP contribution in [0.2, 0.25) is 5.02 Å². The summed E-state index contributed by atoms with van der Waals surface area (Å²) in [4.78, 5) is 2.20. The van der Waals surface area contributed by atoms with E-state index in [1.807, 2.05) is 18.2 Å². The van der Waals surface area contributed by atoms with Crippen LogP contribution in [0, 0.1) is 0 Å². The van der Waals surface area contributed by atoms with E-state index in [0.717, 1.165) is 31.6 Å². The van der Waals surface area contributed by atoms with Gasteiger partial charge in [-0.05, 0) is 54.8 Å². The smallest absolute Gasteiger partial charge is 0.161 e. The molecular weight excluding hydrogens is 406 g/mol. The highest BCUT2D eigenvalue weighted by molar-refractivity contribution is 6.30. The van der Waals surface area contributed by atoms with Crippen molar-refractivity contribution in [1.82, 2.24) is 4.90 Å². The van der Waals surface area contributed by atoms with Crippen LogP contribution in [0.15, 0.2) is 42.5 Å². The molecule has 1 N–H and O–H groups in total. The minimum atomic E-state index is -0.637. The number of ether oxygens (including phenoxy) is 4. The van der Waals surface area contributed by atoms with E-state index >= 15 is 0 Å². The van der Waals surface area contributed by atoms with Crippen molar-refractivity contribution in [3.05, 3.63) is 53.1 Å². The highest BCUT2D eigenvalue weighted by atomic mass is 35.5. The van der Waals surface area contributed by atoms with Crippen molar-refractivity contribution in [3.8, 4) is 17.2 Å². The van der Waals surface area contributed by atoms with Crippen molar-refractivity contribution in [1.29, 1.82) is 0 Å². The van der Waals surface area contributed by atoms with Gasteiger partial charge < -0.3 is 24.1 Å². The molecule has 0 spiro atoms. The average molecular weight is 436 g/mol. The third-order valence-electron chi connectivity index (χ3n) is 5.06. The molecule has 1 fully saturated rings. The summed E-state index contributed by atoms with van der Waals surface area (Å²) in [6.07, 6.45) is 1.67. The second kappa shape index (κ2) is 11.4. The Morgan fingerprint density at radius 1 is 1.13 bits per heavy atom. The maximum absolute atomic E-state index is 10.6. The number of benzene rings is 2. The largest absolute Gasteiger partial charge is 0.493 e. The molecule has 2 aromatic carbocycles. The Hall–Kier alpha value is -1.99. The van der Waals surface area contributed by atoms with Crippen molar-refractivity contribution in [2.24, 2.45) is 0 Å². The van der Waals surface area contributed by atoms with Crippen LogP contribution in [0.3, 0.4) is 0 Å². The van der Waals surface area contributed by atoms with Crippen molar-refractivity contribution < 1.29 is 24.1 Å². The van der Waals surface area contributed by atoms with Crippen molar-refractivity contribution in [3.63, 3.8) is 0 Å². The number of nitrogens with zero attached hydrogens (tertiary/aromatic N) is 1. The minimum absolute atomic E-state index is 0.189. The Morgan fingerprint density at radius 3 is 2.57 bits per heavy atom.